The molecule has 1 aliphatic carbocycles. The smallest absolute Gasteiger partial charge is 0.325 e. The van der Waals surface area contributed by atoms with Gasteiger partial charge in [-0.25, -0.2) is 0 Å². The van der Waals surface area contributed by atoms with Crippen LogP contribution in [0, 0.1) is 11.3 Å². The van der Waals surface area contributed by atoms with Gasteiger partial charge in [-0.3, -0.25) is 14.4 Å². The lowest BCUT2D eigenvalue weighted by Crippen LogP contribution is -2.42. The third-order valence-corrected chi connectivity index (χ3v) is 6.20. The van der Waals surface area contributed by atoms with E-state index in [1.807, 2.05) is 0 Å². The Morgan fingerprint density at radius 1 is 1.13 bits per heavy atom. The molecule has 0 heterocycles. The van der Waals surface area contributed by atoms with Crippen molar-refractivity contribution in [1.29, 1.82) is 0 Å². The van der Waals surface area contributed by atoms with Gasteiger partial charge in [0.05, 0.1) is 7.11 Å². The van der Waals surface area contributed by atoms with E-state index in [9.17, 15) is 14.4 Å². The van der Waals surface area contributed by atoms with Crippen molar-refractivity contribution in [3.05, 3.63) is 29.8 Å². The number of carbonyl (C=O) groups is 3. The van der Waals surface area contributed by atoms with Gasteiger partial charge in [0.2, 0.25) is 0 Å². The minimum absolute atomic E-state index is 0.132. The molecular formula is C23H34N2O5. The van der Waals surface area contributed by atoms with E-state index in [0.717, 1.165) is 32.1 Å². The van der Waals surface area contributed by atoms with Crippen molar-refractivity contribution in [3.8, 4) is 5.75 Å². The summed E-state index contributed by atoms with van der Waals surface area (Å²) >= 11 is 0. The van der Waals surface area contributed by atoms with Gasteiger partial charge in [-0.1, -0.05) is 33.3 Å². The average molecular weight is 419 g/mol. The van der Waals surface area contributed by atoms with E-state index in [-0.39, 0.29) is 25.1 Å². The zero-order chi connectivity index (χ0) is 22.1. The molecular weight excluding hydrogens is 384 g/mol. The van der Waals surface area contributed by atoms with E-state index < -0.39 is 11.9 Å². The first-order chi connectivity index (χ1) is 14.2. The van der Waals surface area contributed by atoms with E-state index in [1.165, 1.54) is 7.11 Å². The molecule has 1 aliphatic rings. The quantitative estimate of drug-likeness (QED) is 0.601. The number of ether oxygens (including phenoxy) is 2. The summed E-state index contributed by atoms with van der Waals surface area (Å²) in [6.45, 7) is 6.20. The zero-order valence-corrected chi connectivity index (χ0v) is 18.5. The Morgan fingerprint density at radius 2 is 1.83 bits per heavy atom. The van der Waals surface area contributed by atoms with Crippen LogP contribution in [0.3, 0.4) is 0 Å². The van der Waals surface area contributed by atoms with Crippen LogP contribution in [0.1, 0.15) is 63.2 Å². The number of benzene rings is 1. The highest BCUT2D eigenvalue weighted by Gasteiger charge is 2.32. The summed E-state index contributed by atoms with van der Waals surface area (Å²) < 4.78 is 10.0. The van der Waals surface area contributed by atoms with Crippen molar-refractivity contribution in [2.75, 3.05) is 20.3 Å². The first-order valence-electron chi connectivity index (χ1n) is 10.6. The SMILES string of the molecule is CCC(C)(C)C1CCC(NC(=O)COC(=O)CNC(=O)c2cccc(OC)c2)CC1. The Kier molecular flexibility index (Phi) is 8.69. The molecule has 2 rings (SSSR count). The monoisotopic (exact) mass is 418 g/mol. The lowest BCUT2D eigenvalue weighted by molar-refractivity contribution is -0.147. The summed E-state index contributed by atoms with van der Waals surface area (Å²) in [5.41, 5.74) is 0.710. The van der Waals surface area contributed by atoms with Crippen LogP contribution >= 0.6 is 0 Å². The minimum Gasteiger partial charge on any atom is -0.497 e. The van der Waals surface area contributed by atoms with Gasteiger partial charge in [-0.05, 0) is 55.2 Å². The number of rotatable bonds is 9. The first kappa shape index (κ1) is 23.7. The Hall–Kier alpha value is -2.57. The maximum Gasteiger partial charge on any atom is 0.325 e. The Bertz CT molecular complexity index is 739. The van der Waals surface area contributed by atoms with Crippen LogP contribution in [0.2, 0.25) is 0 Å². The molecule has 1 fully saturated rings. The molecule has 0 spiro atoms. The maximum atomic E-state index is 12.1. The second kappa shape index (κ2) is 11.0. The van der Waals surface area contributed by atoms with Gasteiger partial charge in [0.25, 0.3) is 11.8 Å². The van der Waals surface area contributed by atoms with Gasteiger partial charge < -0.3 is 20.1 Å². The summed E-state index contributed by atoms with van der Waals surface area (Å²) in [5, 5.41) is 5.43. The fourth-order valence-electron chi connectivity index (χ4n) is 3.79. The third kappa shape index (κ3) is 7.04. The van der Waals surface area contributed by atoms with Crippen LogP contribution in [-0.2, 0) is 14.3 Å². The van der Waals surface area contributed by atoms with Crippen LogP contribution in [0.4, 0.5) is 0 Å². The van der Waals surface area contributed by atoms with Gasteiger partial charge in [-0.15, -0.1) is 0 Å². The van der Waals surface area contributed by atoms with Crippen LogP contribution in [-0.4, -0.2) is 44.1 Å². The molecule has 7 heteroatoms. The van der Waals surface area contributed by atoms with Gasteiger partial charge in [-0.2, -0.15) is 0 Å². The molecule has 2 N–H and O–H groups in total. The van der Waals surface area contributed by atoms with E-state index in [1.54, 1.807) is 24.3 Å². The van der Waals surface area contributed by atoms with Gasteiger partial charge in [0, 0.05) is 11.6 Å². The minimum atomic E-state index is -0.658. The van der Waals surface area contributed by atoms with Crippen LogP contribution in [0.5, 0.6) is 5.75 Å². The van der Waals surface area contributed by atoms with E-state index in [0.29, 0.717) is 22.6 Å². The largest absolute Gasteiger partial charge is 0.497 e. The van der Waals surface area contributed by atoms with Crippen molar-refractivity contribution in [2.24, 2.45) is 11.3 Å². The number of esters is 1. The predicted molar refractivity (Wildman–Crippen MR) is 114 cm³/mol. The zero-order valence-electron chi connectivity index (χ0n) is 18.5. The maximum absolute atomic E-state index is 12.1. The lowest BCUT2D eigenvalue weighted by atomic mass is 9.69. The molecule has 1 aromatic rings. The second-order valence-corrected chi connectivity index (χ2v) is 8.53. The van der Waals surface area contributed by atoms with Crippen molar-refractivity contribution < 1.29 is 23.9 Å². The van der Waals surface area contributed by atoms with Gasteiger partial charge in [0.1, 0.15) is 12.3 Å². The molecule has 0 unspecified atom stereocenters. The first-order valence-corrected chi connectivity index (χ1v) is 10.6. The number of hydrogen-bond acceptors (Lipinski definition) is 5. The Labute approximate surface area is 178 Å². The summed E-state index contributed by atoms with van der Waals surface area (Å²) in [6, 6.07) is 6.73. The van der Waals surface area contributed by atoms with Crippen molar-refractivity contribution in [2.45, 2.75) is 58.9 Å². The highest BCUT2D eigenvalue weighted by Crippen LogP contribution is 2.40. The third-order valence-electron chi connectivity index (χ3n) is 6.20. The summed E-state index contributed by atoms with van der Waals surface area (Å²) in [5.74, 6) is -0.145. The normalized spacial score (nSPS) is 18.9. The van der Waals surface area contributed by atoms with Crippen molar-refractivity contribution >= 4 is 17.8 Å². The van der Waals surface area contributed by atoms with Crippen LogP contribution in [0.25, 0.3) is 0 Å². The number of carbonyl (C=O) groups excluding carboxylic acids is 3. The highest BCUT2D eigenvalue weighted by molar-refractivity contribution is 5.96. The van der Waals surface area contributed by atoms with E-state index >= 15 is 0 Å². The summed E-state index contributed by atoms with van der Waals surface area (Å²) in [7, 11) is 1.51. The standard InChI is InChI=1S/C23H34N2O5/c1-5-23(2,3)17-9-11-18(12-10-17)25-20(26)15-30-21(27)14-24-22(28)16-7-6-8-19(13-16)29-4/h6-8,13,17-18H,5,9-12,14-15H2,1-4H3,(H,24,28)(H,25,26). The van der Waals surface area contributed by atoms with Crippen molar-refractivity contribution in [1.82, 2.24) is 10.6 Å². The number of hydrogen-bond donors (Lipinski definition) is 2. The average Bonchev–Trinajstić information content (AvgIpc) is 2.76. The molecule has 2 amide bonds. The Morgan fingerprint density at radius 3 is 2.47 bits per heavy atom. The second-order valence-electron chi connectivity index (χ2n) is 8.53. The van der Waals surface area contributed by atoms with Crippen LogP contribution < -0.4 is 15.4 Å². The van der Waals surface area contributed by atoms with Crippen LogP contribution in [0.15, 0.2) is 24.3 Å². The fraction of sp³-hybridized carbons (Fsp3) is 0.609. The Balaban J connectivity index is 1.66. The van der Waals surface area contributed by atoms with Crippen molar-refractivity contribution in [3.63, 3.8) is 0 Å². The molecule has 0 aliphatic heterocycles. The molecule has 0 bridgehead atoms. The highest BCUT2D eigenvalue weighted by atomic mass is 16.5. The molecule has 166 valence electrons. The molecule has 7 nitrogen and oxygen atoms in total. The molecule has 1 aromatic carbocycles. The van der Waals surface area contributed by atoms with E-state index in [2.05, 4.69) is 31.4 Å². The molecule has 1 saturated carbocycles. The van der Waals surface area contributed by atoms with E-state index in [4.69, 9.17) is 9.47 Å². The van der Waals surface area contributed by atoms with Gasteiger partial charge in [0.15, 0.2) is 6.61 Å². The molecule has 0 aromatic heterocycles. The molecule has 0 saturated heterocycles. The van der Waals surface area contributed by atoms with Gasteiger partial charge >= 0.3 is 5.97 Å². The number of amides is 2. The number of methoxy groups -OCH3 is 1. The number of nitrogens with one attached hydrogen (secondary N) is 2. The molecule has 0 radical (unpaired) electrons. The topological polar surface area (TPSA) is 93.7 Å². The summed E-state index contributed by atoms with van der Waals surface area (Å²) in [4.78, 5) is 36.0. The fourth-order valence-corrected chi connectivity index (χ4v) is 3.79. The summed E-state index contributed by atoms with van der Waals surface area (Å²) in [6.07, 6.45) is 5.25. The predicted octanol–water partition coefficient (Wildman–Crippen LogP) is 3.08. The lowest BCUT2D eigenvalue weighted by Gasteiger charge is -2.39. The molecule has 30 heavy (non-hydrogen) atoms. The molecule has 0 atom stereocenters.